The van der Waals surface area contributed by atoms with E-state index in [2.05, 4.69) is 12.2 Å². The van der Waals surface area contributed by atoms with Crippen LogP contribution in [0.5, 0.6) is 11.5 Å². The summed E-state index contributed by atoms with van der Waals surface area (Å²) < 4.78 is 10.7. The van der Waals surface area contributed by atoms with Gasteiger partial charge in [0, 0.05) is 12.5 Å². The van der Waals surface area contributed by atoms with Gasteiger partial charge < -0.3 is 20.5 Å². The third-order valence-corrected chi connectivity index (χ3v) is 3.57. The number of hydrogen-bond acceptors (Lipinski definition) is 4. The number of carbonyl (C=O) groups excluding carboxylic acids is 1. The van der Waals surface area contributed by atoms with Gasteiger partial charge >= 0.3 is 0 Å². The van der Waals surface area contributed by atoms with E-state index in [-0.39, 0.29) is 18.3 Å². The molecule has 0 saturated heterocycles. The summed E-state index contributed by atoms with van der Waals surface area (Å²) in [4.78, 5) is 12.1. The van der Waals surface area contributed by atoms with Crippen molar-refractivity contribution in [2.24, 2.45) is 0 Å². The molecule has 0 aliphatic rings. The molecular weight excluding hydrogens is 340 g/mol. The maximum absolute atomic E-state index is 12.1. The molecule has 5 nitrogen and oxygen atoms in total. The van der Waals surface area contributed by atoms with E-state index in [1.165, 1.54) is 0 Å². The summed E-state index contributed by atoms with van der Waals surface area (Å²) >= 11 is 0. The Bertz CT molecular complexity index is 675. The van der Waals surface area contributed by atoms with Gasteiger partial charge in [0.25, 0.3) is 0 Å². The Morgan fingerprint density at radius 2 is 1.80 bits per heavy atom. The molecule has 0 fully saturated rings. The number of methoxy groups -OCH3 is 1. The number of nitrogens with two attached hydrogens (primary N) is 1. The Morgan fingerprint density at radius 3 is 2.44 bits per heavy atom. The second-order valence-electron chi connectivity index (χ2n) is 5.49. The zero-order chi connectivity index (χ0) is 17.4. The summed E-state index contributed by atoms with van der Waals surface area (Å²) in [6.07, 6.45) is 2.02. The Morgan fingerprint density at radius 1 is 1.12 bits per heavy atom. The van der Waals surface area contributed by atoms with Crippen molar-refractivity contribution in [1.82, 2.24) is 0 Å². The summed E-state index contributed by atoms with van der Waals surface area (Å²) in [5, 5.41) is 2.83. The van der Waals surface area contributed by atoms with E-state index in [4.69, 9.17) is 15.2 Å². The van der Waals surface area contributed by atoms with Crippen LogP contribution < -0.4 is 20.5 Å². The van der Waals surface area contributed by atoms with Crippen LogP contribution in [0.1, 0.15) is 25.3 Å². The van der Waals surface area contributed by atoms with E-state index in [0.717, 1.165) is 17.7 Å². The monoisotopic (exact) mass is 364 g/mol. The Labute approximate surface area is 154 Å². The van der Waals surface area contributed by atoms with Gasteiger partial charge in [-0.15, -0.1) is 12.4 Å². The predicted molar refractivity (Wildman–Crippen MR) is 104 cm³/mol. The van der Waals surface area contributed by atoms with Crippen molar-refractivity contribution in [3.63, 3.8) is 0 Å². The molecule has 0 radical (unpaired) electrons. The number of hydrogen-bond donors (Lipinski definition) is 2. The highest BCUT2D eigenvalue weighted by Crippen LogP contribution is 2.24. The standard InChI is InChI=1S/C19H24N2O3.ClH/c1-3-12-24-15-7-4-14(5-8-15)6-11-19(22)21-18-13-16(23-2)9-10-17(18)20;/h4-5,7-10,13H,3,6,11-12,20H2,1-2H3,(H,21,22);1H. The maximum Gasteiger partial charge on any atom is 0.224 e. The third kappa shape index (κ3) is 6.55. The second kappa shape index (κ2) is 10.5. The van der Waals surface area contributed by atoms with E-state index in [9.17, 15) is 4.79 Å². The minimum absolute atomic E-state index is 0. The lowest BCUT2D eigenvalue weighted by molar-refractivity contribution is -0.116. The number of nitrogen functional groups attached to an aromatic ring is 1. The molecule has 2 rings (SSSR count). The van der Waals surface area contributed by atoms with E-state index in [0.29, 0.717) is 36.6 Å². The molecule has 25 heavy (non-hydrogen) atoms. The Hall–Kier alpha value is -2.40. The lowest BCUT2D eigenvalue weighted by Gasteiger charge is -2.10. The number of rotatable bonds is 8. The van der Waals surface area contributed by atoms with Gasteiger partial charge in [-0.25, -0.2) is 0 Å². The van der Waals surface area contributed by atoms with Crippen LogP contribution in [0, 0.1) is 0 Å². The van der Waals surface area contributed by atoms with E-state index in [1.54, 1.807) is 25.3 Å². The molecule has 6 heteroatoms. The molecule has 136 valence electrons. The molecule has 0 aromatic heterocycles. The first-order chi connectivity index (χ1) is 11.6. The summed E-state index contributed by atoms with van der Waals surface area (Å²) in [5.74, 6) is 1.43. The molecule has 2 aromatic carbocycles. The number of ether oxygens (including phenoxy) is 2. The molecule has 1 amide bonds. The average Bonchev–Trinajstić information content (AvgIpc) is 2.61. The largest absolute Gasteiger partial charge is 0.497 e. The van der Waals surface area contributed by atoms with E-state index < -0.39 is 0 Å². The fourth-order valence-corrected chi connectivity index (χ4v) is 2.21. The van der Waals surface area contributed by atoms with Crippen LogP contribution >= 0.6 is 12.4 Å². The molecule has 0 spiro atoms. The number of aryl methyl sites for hydroxylation is 1. The smallest absolute Gasteiger partial charge is 0.224 e. The van der Waals surface area contributed by atoms with Crippen LogP contribution in [0.4, 0.5) is 11.4 Å². The predicted octanol–water partition coefficient (Wildman–Crippen LogP) is 4.06. The van der Waals surface area contributed by atoms with Gasteiger partial charge in [-0.05, 0) is 42.7 Å². The van der Waals surface area contributed by atoms with Gasteiger partial charge in [-0.1, -0.05) is 19.1 Å². The van der Waals surface area contributed by atoms with Crippen molar-refractivity contribution >= 4 is 29.7 Å². The number of halogens is 1. The normalized spacial score (nSPS) is 9.84. The van der Waals surface area contributed by atoms with Gasteiger partial charge in [0.15, 0.2) is 0 Å². The fourth-order valence-electron chi connectivity index (χ4n) is 2.21. The summed E-state index contributed by atoms with van der Waals surface area (Å²) in [5.41, 5.74) is 8.05. The molecule has 0 aliphatic heterocycles. The van der Waals surface area contributed by atoms with E-state index in [1.807, 2.05) is 24.3 Å². The molecule has 0 unspecified atom stereocenters. The van der Waals surface area contributed by atoms with Gasteiger partial charge in [0.1, 0.15) is 11.5 Å². The molecule has 0 heterocycles. The zero-order valence-corrected chi connectivity index (χ0v) is 15.4. The zero-order valence-electron chi connectivity index (χ0n) is 14.6. The second-order valence-corrected chi connectivity index (χ2v) is 5.49. The minimum Gasteiger partial charge on any atom is -0.497 e. The highest BCUT2D eigenvalue weighted by atomic mass is 35.5. The Kier molecular flexibility index (Phi) is 8.64. The van der Waals surface area contributed by atoms with E-state index >= 15 is 0 Å². The van der Waals surface area contributed by atoms with Gasteiger partial charge in [0.05, 0.1) is 25.1 Å². The molecule has 2 aromatic rings. The number of carbonyl (C=O) groups is 1. The molecule has 0 atom stereocenters. The lowest BCUT2D eigenvalue weighted by atomic mass is 10.1. The van der Waals surface area contributed by atoms with Gasteiger partial charge in [0.2, 0.25) is 5.91 Å². The van der Waals surface area contributed by atoms with Gasteiger partial charge in [-0.2, -0.15) is 0 Å². The molecule has 0 saturated carbocycles. The number of anilines is 2. The topological polar surface area (TPSA) is 73.6 Å². The lowest BCUT2D eigenvalue weighted by Crippen LogP contribution is -2.13. The first-order valence-corrected chi connectivity index (χ1v) is 8.07. The Balaban J connectivity index is 0.00000312. The highest BCUT2D eigenvalue weighted by molar-refractivity contribution is 5.94. The van der Waals surface area contributed by atoms with Crippen LogP contribution in [0.3, 0.4) is 0 Å². The van der Waals surface area contributed by atoms with Crippen molar-refractivity contribution in [2.45, 2.75) is 26.2 Å². The van der Waals surface area contributed by atoms with Crippen molar-refractivity contribution < 1.29 is 14.3 Å². The SMILES string of the molecule is CCCOc1ccc(CCC(=O)Nc2cc(OC)ccc2N)cc1.Cl. The number of benzene rings is 2. The number of amides is 1. The highest BCUT2D eigenvalue weighted by Gasteiger charge is 2.07. The first kappa shape index (κ1) is 20.6. The maximum atomic E-state index is 12.1. The molecule has 0 aliphatic carbocycles. The van der Waals surface area contributed by atoms with Crippen LogP contribution in [-0.4, -0.2) is 19.6 Å². The molecule has 3 N–H and O–H groups in total. The minimum atomic E-state index is -0.0822. The van der Waals surface area contributed by atoms with Crippen molar-refractivity contribution in [2.75, 3.05) is 24.8 Å². The molecular formula is C19H25ClN2O3. The fraction of sp³-hybridized carbons (Fsp3) is 0.316. The summed E-state index contributed by atoms with van der Waals surface area (Å²) in [6.45, 7) is 2.78. The average molecular weight is 365 g/mol. The van der Waals surface area contributed by atoms with Gasteiger partial charge in [-0.3, -0.25) is 4.79 Å². The van der Waals surface area contributed by atoms with Crippen LogP contribution in [0.15, 0.2) is 42.5 Å². The third-order valence-electron chi connectivity index (χ3n) is 3.57. The van der Waals surface area contributed by atoms with Crippen LogP contribution in [0.25, 0.3) is 0 Å². The quantitative estimate of drug-likeness (QED) is 0.693. The summed E-state index contributed by atoms with van der Waals surface area (Å²) in [6, 6.07) is 13.0. The van der Waals surface area contributed by atoms with Crippen molar-refractivity contribution in [3.05, 3.63) is 48.0 Å². The van der Waals surface area contributed by atoms with Crippen molar-refractivity contribution in [1.29, 1.82) is 0 Å². The van der Waals surface area contributed by atoms with Crippen molar-refractivity contribution in [3.8, 4) is 11.5 Å². The number of nitrogens with one attached hydrogen (secondary N) is 1. The first-order valence-electron chi connectivity index (χ1n) is 8.07. The van der Waals surface area contributed by atoms with Crippen LogP contribution in [0.2, 0.25) is 0 Å². The van der Waals surface area contributed by atoms with Crippen LogP contribution in [-0.2, 0) is 11.2 Å². The summed E-state index contributed by atoms with van der Waals surface area (Å²) in [7, 11) is 1.57. The molecule has 0 bridgehead atoms.